The third kappa shape index (κ3) is 5.39. The van der Waals surface area contributed by atoms with Crippen LogP contribution in [0.15, 0.2) is 42.5 Å². The number of nitrogens with zero attached hydrogens (tertiary/aromatic N) is 1. The lowest BCUT2D eigenvalue weighted by atomic mass is 10.1. The minimum Gasteiger partial charge on any atom is -0.494 e. The zero-order chi connectivity index (χ0) is 17.4. The number of carbonyl (C=O) groups excluding carboxylic acids is 1. The molecule has 0 fully saturated rings. The van der Waals surface area contributed by atoms with E-state index in [0.717, 1.165) is 18.4 Å². The number of carbonyl (C=O) groups is 2. The lowest BCUT2D eigenvalue weighted by molar-refractivity contribution is -0.137. The first-order chi connectivity index (χ1) is 11.6. The standard InChI is InChI=1S/C18H20N2O4/c19-18(23)16-9-5-8-15(20-16)13-6-4-7-14(12-13)24-11-3-1-2-10-17(21)22/h4-9,12H,1-3,10-11H2,(H2,19,23)(H,21,22). The van der Waals surface area contributed by atoms with Gasteiger partial charge in [0.1, 0.15) is 11.4 Å². The second-order valence-corrected chi connectivity index (χ2v) is 5.35. The van der Waals surface area contributed by atoms with Gasteiger partial charge >= 0.3 is 5.97 Å². The number of unbranched alkanes of at least 4 members (excludes halogenated alkanes) is 2. The maximum absolute atomic E-state index is 11.2. The Morgan fingerprint density at radius 2 is 1.88 bits per heavy atom. The topological polar surface area (TPSA) is 103 Å². The van der Waals surface area contributed by atoms with Crippen LogP contribution in [0, 0.1) is 0 Å². The molecule has 126 valence electrons. The Hall–Kier alpha value is -2.89. The van der Waals surface area contributed by atoms with E-state index in [2.05, 4.69) is 4.98 Å². The normalized spacial score (nSPS) is 10.3. The largest absolute Gasteiger partial charge is 0.494 e. The van der Waals surface area contributed by atoms with Gasteiger partial charge in [0.25, 0.3) is 5.91 Å². The third-order valence-electron chi connectivity index (χ3n) is 3.44. The van der Waals surface area contributed by atoms with E-state index in [-0.39, 0.29) is 12.1 Å². The second-order valence-electron chi connectivity index (χ2n) is 5.35. The van der Waals surface area contributed by atoms with Crippen LogP contribution in [0.5, 0.6) is 5.75 Å². The average Bonchev–Trinajstić information content (AvgIpc) is 2.58. The van der Waals surface area contributed by atoms with Crippen molar-refractivity contribution in [2.45, 2.75) is 25.7 Å². The predicted octanol–water partition coefficient (Wildman–Crippen LogP) is 2.87. The lowest BCUT2D eigenvalue weighted by Gasteiger charge is -2.08. The molecular weight excluding hydrogens is 308 g/mol. The number of carboxylic acid groups (broad SMARTS) is 1. The molecule has 1 aromatic carbocycles. The molecule has 1 heterocycles. The van der Waals surface area contributed by atoms with Gasteiger partial charge in [-0.1, -0.05) is 18.2 Å². The number of nitrogens with two attached hydrogens (primary N) is 1. The molecule has 0 aliphatic heterocycles. The van der Waals surface area contributed by atoms with E-state index >= 15 is 0 Å². The molecule has 0 atom stereocenters. The molecule has 24 heavy (non-hydrogen) atoms. The fourth-order valence-electron chi connectivity index (χ4n) is 2.22. The summed E-state index contributed by atoms with van der Waals surface area (Å²) in [4.78, 5) is 25.9. The smallest absolute Gasteiger partial charge is 0.303 e. The number of rotatable bonds is 9. The summed E-state index contributed by atoms with van der Waals surface area (Å²) in [6.45, 7) is 0.526. The third-order valence-corrected chi connectivity index (χ3v) is 3.44. The van der Waals surface area contributed by atoms with Crippen LogP contribution in [0.3, 0.4) is 0 Å². The molecule has 0 spiro atoms. The lowest BCUT2D eigenvalue weighted by Crippen LogP contribution is -2.13. The van der Waals surface area contributed by atoms with Crippen LogP contribution in [0.2, 0.25) is 0 Å². The van der Waals surface area contributed by atoms with Crippen molar-refractivity contribution in [2.24, 2.45) is 5.73 Å². The number of hydrogen-bond donors (Lipinski definition) is 2. The van der Waals surface area contributed by atoms with Crippen LogP contribution in [0.25, 0.3) is 11.3 Å². The maximum Gasteiger partial charge on any atom is 0.303 e. The number of aliphatic carboxylic acids is 1. The highest BCUT2D eigenvalue weighted by Gasteiger charge is 2.06. The van der Waals surface area contributed by atoms with E-state index in [9.17, 15) is 9.59 Å². The monoisotopic (exact) mass is 328 g/mol. The maximum atomic E-state index is 11.2. The van der Waals surface area contributed by atoms with E-state index in [1.165, 1.54) is 0 Å². The van der Waals surface area contributed by atoms with Gasteiger partial charge in [-0.25, -0.2) is 4.98 Å². The summed E-state index contributed by atoms with van der Waals surface area (Å²) in [5.41, 5.74) is 6.96. The molecule has 1 aromatic heterocycles. The van der Waals surface area contributed by atoms with Crippen LogP contribution in [-0.2, 0) is 4.79 Å². The molecule has 0 bridgehead atoms. The summed E-state index contributed by atoms with van der Waals surface area (Å²) in [7, 11) is 0. The number of hydrogen-bond acceptors (Lipinski definition) is 4. The van der Waals surface area contributed by atoms with Crippen molar-refractivity contribution in [2.75, 3.05) is 6.61 Å². The second kappa shape index (κ2) is 8.67. The van der Waals surface area contributed by atoms with Crippen molar-refractivity contribution >= 4 is 11.9 Å². The van der Waals surface area contributed by atoms with E-state index in [4.69, 9.17) is 15.6 Å². The van der Waals surface area contributed by atoms with Crippen LogP contribution in [0.1, 0.15) is 36.2 Å². The number of pyridine rings is 1. The number of primary amides is 1. The SMILES string of the molecule is NC(=O)c1cccc(-c2cccc(OCCCCCC(=O)O)c2)n1. The predicted molar refractivity (Wildman–Crippen MR) is 89.8 cm³/mol. The van der Waals surface area contributed by atoms with Gasteiger partial charge in [-0.3, -0.25) is 9.59 Å². The van der Waals surface area contributed by atoms with Crippen molar-refractivity contribution in [1.82, 2.24) is 4.98 Å². The summed E-state index contributed by atoms with van der Waals surface area (Å²) in [5.74, 6) is -0.628. The highest BCUT2D eigenvalue weighted by Crippen LogP contribution is 2.22. The van der Waals surface area contributed by atoms with Gasteiger partial charge in [-0.15, -0.1) is 0 Å². The first-order valence-corrected chi connectivity index (χ1v) is 7.78. The van der Waals surface area contributed by atoms with Gasteiger partial charge in [0.15, 0.2) is 0 Å². The Bertz CT molecular complexity index is 716. The number of ether oxygens (including phenoxy) is 1. The summed E-state index contributed by atoms with van der Waals surface area (Å²) in [6.07, 6.45) is 2.46. The molecule has 0 unspecified atom stereocenters. The Kier molecular flexibility index (Phi) is 6.31. The summed E-state index contributed by atoms with van der Waals surface area (Å²) in [5, 5.41) is 8.57. The molecule has 6 nitrogen and oxygen atoms in total. The molecule has 3 N–H and O–H groups in total. The molecule has 1 amide bonds. The Labute approximate surface area is 140 Å². The zero-order valence-corrected chi connectivity index (χ0v) is 13.3. The molecule has 2 aromatic rings. The van der Waals surface area contributed by atoms with Crippen molar-refractivity contribution in [3.05, 3.63) is 48.2 Å². The molecular formula is C18H20N2O4. The first-order valence-electron chi connectivity index (χ1n) is 7.78. The highest BCUT2D eigenvalue weighted by molar-refractivity contribution is 5.91. The van der Waals surface area contributed by atoms with Crippen LogP contribution in [-0.4, -0.2) is 28.6 Å². The minimum absolute atomic E-state index is 0.192. The average molecular weight is 328 g/mol. The first kappa shape index (κ1) is 17.5. The number of amides is 1. The van der Waals surface area contributed by atoms with Gasteiger partial charge in [-0.05, 0) is 43.5 Å². The molecule has 0 saturated heterocycles. The summed E-state index contributed by atoms with van der Waals surface area (Å²) >= 11 is 0. The fourth-order valence-corrected chi connectivity index (χ4v) is 2.22. The Morgan fingerprint density at radius 1 is 1.08 bits per heavy atom. The van der Waals surface area contributed by atoms with E-state index < -0.39 is 11.9 Å². The molecule has 6 heteroatoms. The quantitative estimate of drug-likeness (QED) is 0.689. The van der Waals surface area contributed by atoms with Crippen molar-refractivity contribution in [1.29, 1.82) is 0 Å². The summed E-state index contributed by atoms with van der Waals surface area (Å²) < 4.78 is 5.69. The van der Waals surface area contributed by atoms with Gasteiger partial charge in [0.2, 0.25) is 0 Å². The number of carboxylic acids is 1. The van der Waals surface area contributed by atoms with Crippen molar-refractivity contribution in [3.63, 3.8) is 0 Å². The van der Waals surface area contributed by atoms with Gasteiger partial charge in [0.05, 0.1) is 12.3 Å². The van der Waals surface area contributed by atoms with Gasteiger partial charge in [-0.2, -0.15) is 0 Å². The van der Waals surface area contributed by atoms with E-state index in [0.29, 0.717) is 24.5 Å². The molecule has 0 aliphatic rings. The van der Waals surface area contributed by atoms with E-state index in [1.54, 1.807) is 18.2 Å². The molecule has 0 saturated carbocycles. The minimum atomic E-state index is -0.769. The van der Waals surface area contributed by atoms with Crippen LogP contribution >= 0.6 is 0 Å². The molecule has 2 rings (SSSR count). The van der Waals surface area contributed by atoms with Crippen molar-refractivity contribution in [3.8, 4) is 17.0 Å². The van der Waals surface area contributed by atoms with E-state index in [1.807, 2.05) is 24.3 Å². The fraction of sp³-hybridized carbons (Fsp3) is 0.278. The zero-order valence-electron chi connectivity index (χ0n) is 13.3. The van der Waals surface area contributed by atoms with Gasteiger partial charge in [0, 0.05) is 12.0 Å². The number of benzene rings is 1. The molecule has 0 aliphatic carbocycles. The highest BCUT2D eigenvalue weighted by atomic mass is 16.5. The van der Waals surface area contributed by atoms with Crippen molar-refractivity contribution < 1.29 is 19.4 Å². The van der Waals surface area contributed by atoms with Crippen LogP contribution < -0.4 is 10.5 Å². The molecule has 0 radical (unpaired) electrons. The number of aromatic nitrogens is 1. The summed E-state index contributed by atoms with van der Waals surface area (Å²) in [6, 6.07) is 12.5. The van der Waals surface area contributed by atoms with Crippen LogP contribution in [0.4, 0.5) is 0 Å². The Morgan fingerprint density at radius 3 is 2.62 bits per heavy atom. The Balaban J connectivity index is 1.93. The van der Waals surface area contributed by atoms with Gasteiger partial charge < -0.3 is 15.6 Å².